The van der Waals surface area contributed by atoms with E-state index in [0.29, 0.717) is 0 Å². The van der Waals surface area contributed by atoms with Crippen molar-refractivity contribution < 1.29 is 12.8 Å². The van der Waals surface area contributed by atoms with Gasteiger partial charge in [-0.15, -0.1) is 0 Å². The Morgan fingerprint density at radius 3 is 2.62 bits per heavy atom. The Kier molecular flexibility index (Phi) is 4.02. The molecule has 21 heavy (non-hydrogen) atoms. The normalized spacial score (nSPS) is 11.8. The van der Waals surface area contributed by atoms with Gasteiger partial charge in [0.05, 0.1) is 5.69 Å². The SMILES string of the molecule is Cc1nn(C)c(C)c1CNS(=O)(=O)c1cc(N)ccc1F. The van der Waals surface area contributed by atoms with E-state index in [4.69, 9.17) is 5.73 Å². The fourth-order valence-corrected chi connectivity index (χ4v) is 3.15. The number of nitrogens with two attached hydrogens (primary N) is 1. The van der Waals surface area contributed by atoms with Crippen LogP contribution in [0.4, 0.5) is 10.1 Å². The second-order valence-corrected chi connectivity index (χ2v) is 6.52. The number of aryl methyl sites for hydroxylation is 2. The molecule has 0 amide bonds. The average molecular weight is 312 g/mol. The van der Waals surface area contributed by atoms with Gasteiger partial charge < -0.3 is 5.73 Å². The largest absolute Gasteiger partial charge is 0.399 e. The number of nitrogen functional groups attached to an aromatic ring is 1. The molecule has 0 saturated carbocycles. The van der Waals surface area contributed by atoms with Crippen LogP contribution in [0.25, 0.3) is 0 Å². The van der Waals surface area contributed by atoms with Crippen molar-refractivity contribution in [2.75, 3.05) is 5.73 Å². The maximum Gasteiger partial charge on any atom is 0.243 e. The molecule has 0 aliphatic heterocycles. The Hall–Kier alpha value is -1.93. The highest BCUT2D eigenvalue weighted by Crippen LogP contribution is 2.19. The lowest BCUT2D eigenvalue weighted by Gasteiger charge is -2.09. The van der Waals surface area contributed by atoms with E-state index in [0.717, 1.165) is 29.1 Å². The fourth-order valence-electron chi connectivity index (χ4n) is 2.04. The second kappa shape index (κ2) is 5.45. The minimum Gasteiger partial charge on any atom is -0.399 e. The lowest BCUT2D eigenvalue weighted by Crippen LogP contribution is -2.25. The van der Waals surface area contributed by atoms with E-state index in [1.165, 1.54) is 6.07 Å². The van der Waals surface area contributed by atoms with Gasteiger partial charge in [-0.25, -0.2) is 17.5 Å². The highest BCUT2D eigenvalue weighted by molar-refractivity contribution is 7.89. The topological polar surface area (TPSA) is 90.0 Å². The number of hydrogen-bond donors (Lipinski definition) is 2. The summed E-state index contributed by atoms with van der Waals surface area (Å²) in [5.74, 6) is -0.837. The van der Waals surface area contributed by atoms with Crippen molar-refractivity contribution in [3.8, 4) is 0 Å². The molecular formula is C13H17FN4O2S. The van der Waals surface area contributed by atoms with Crippen molar-refractivity contribution >= 4 is 15.7 Å². The van der Waals surface area contributed by atoms with Gasteiger partial charge in [0, 0.05) is 30.5 Å². The van der Waals surface area contributed by atoms with E-state index in [9.17, 15) is 12.8 Å². The molecule has 2 rings (SSSR count). The predicted molar refractivity (Wildman–Crippen MR) is 77.5 cm³/mol. The number of benzene rings is 1. The number of nitrogens with zero attached hydrogens (tertiary/aromatic N) is 2. The van der Waals surface area contributed by atoms with Gasteiger partial charge >= 0.3 is 0 Å². The van der Waals surface area contributed by atoms with Gasteiger partial charge in [-0.3, -0.25) is 4.68 Å². The Bertz CT molecular complexity index is 784. The van der Waals surface area contributed by atoms with Crippen LogP contribution in [0, 0.1) is 19.7 Å². The van der Waals surface area contributed by atoms with Crippen LogP contribution in [0.15, 0.2) is 23.1 Å². The fraction of sp³-hybridized carbons (Fsp3) is 0.308. The summed E-state index contributed by atoms with van der Waals surface area (Å²) >= 11 is 0. The maximum absolute atomic E-state index is 13.7. The number of nitrogens with one attached hydrogen (secondary N) is 1. The third-order valence-corrected chi connectivity index (χ3v) is 4.76. The number of halogens is 1. The van der Waals surface area contributed by atoms with E-state index in [1.807, 2.05) is 6.92 Å². The number of hydrogen-bond acceptors (Lipinski definition) is 4. The number of aromatic nitrogens is 2. The van der Waals surface area contributed by atoms with Crippen LogP contribution in [-0.2, 0) is 23.6 Å². The highest BCUT2D eigenvalue weighted by atomic mass is 32.2. The molecule has 8 heteroatoms. The average Bonchev–Trinajstić information content (AvgIpc) is 2.64. The van der Waals surface area contributed by atoms with Gasteiger partial charge in [0.1, 0.15) is 10.7 Å². The van der Waals surface area contributed by atoms with Gasteiger partial charge in [0.25, 0.3) is 0 Å². The number of anilines is 1. The molecule has 0 aliphatic carbocycles. The summed E-state index contributed by atoms with van der Waals surface area (Å²) in [6, 6.07) is 3.44. The summed E-state index contributed by atoms with van der Waals surface area (Å²) in [5.41, 5.74) is 8.04. The molecule has 0 fully saturated rings. The van der Waals surface area contributed by atoms with E-state index < -0.39 is 20.7 Å². The molecule has 0 aliphatic rings. The third-order valence-electron chi connectivity index (χ3n) is 3.34. The van der Waals surface area contributed by atoms with Gasteiger partial charge in [-0.05, 0) is 32.0 Å². The molecule has 1 aromatic heterocycles. The summed E-state index contributed by atoms with van der Waals surface area (Å²) in [6.45, 7) is 3.67. The molecule has 2 aromatic rings. The van der Waals surface area contributed by atoms with E-state index in [2.05, 4.69) is 9.82 Å². The molecule has 3 N–H and O–H groups in total. The molecule has 0 saturated heterocycles. The van der Waals surface area contributed by atoms with Crippen LogP contribution in [0.3, 0.4) is 0 Å². The molecular weight excluding hydrogens is 295 g/mol. The minimum absolute atomic E-state index is 0.0437. The van der Waals surface area contributed by atoms with Gasteiger partial charge in [0.15, 0.2) is 0 Å². The van der Waals surface area contributed by atoms with Crippen molar-refractivity contribution in [2.45, 2.75) is 25.3 Å². The van der Waals surface area contributed by atoms with Gasteiger partial charge in [-0.2, -0.15) is 5.10 Å². The number of sulfonamides is 1. The summed E-state index contributed by atoms with van der Waals surface area (Å²) in [6.07, 6.45) is 0. The zero-order chi connectivity index (χ0) is 15.8. The number of rotatable bonds is 4. The summed E-state index contributed by atoms with van der Waals surface area (Å²) in [5, 5.41) is 4.20. The quantitative estimate of drug-likeness (QED) is 0.831. The first-order valence-electron chi connectivity index (χ1n) is 6.26. The maximum atomic E-state index is 13.7. The van der Waals surface area contributed by atoms with Crippen molar-refractivity contribution in [1.29, 1.82) is 0 Å². The summed E-state index contributed by atoms with van der Waals surface area (Å²) < 4.78 is 42.1. The van der Waals surface area contributed by atoms with Crippen LogP contribution >= 0.6 is 0 Å². The zero-order valence-corrected chi connectivity index (χ0v) is 12.8. The first kappa shape index (κ1) is 15.5. The Labute approximate surface area is 122 Å². The summed E-state index contributed by atoms with van der Waals surface area (Å²) in [7, 11) is -2.20. The zero-order valence-electron chi connectivity index (χ0n) is 12.0. The van der Waals surface area contributed by atoms with Crippen LogP contribution in [-0.4, -0.2) is 18.2 Å². The molecule has 6 nitrogen and oxygen atoms in total. The molecule has 1 aromatic carbocycles. The summed E-state index contributed by atoms with van der Waals surface area (Å²) in [4.78, 5) is -0.457. The Morgan fingerprint density at radius 2 is 2.05 bits per heavy atom. The molecule has 0 radical (unpaired) electrons. The molecule has 0 bridgehead atoms. The van der Waals surface area contributed by atoms with Crippen LogP contribution in [0.5, 0.6) is 0 Å². The van der Waals surface area contributed by atoms with Crippen molar-refractivity contribution in [3.63, 3.8) is 0 Å². The minimum atomic E-state index is -3.98. The Morgan fingerprint density at radius 1 is 1.38 bits per heavy atom. The van der Waals surface area contributed by atoms with E-state index in [-0.39, 0.29) is 12.2 Å². The lowest BCUT2D eigenvalue weighted by atomic mass is 10.2. The van der Waals surface area contributed by atoms with Crippen LogP contribution in [0.1, 0.15) is 17.0 Å². The second-order valence-electron chi connectivity index (χ2n) is 4.79. The molecule has 0 atom stereocenters. The lowest BCUT2D eigenvalue weighted by molar-refractivity contribution is 0.557. The Balaban J connectivity index is 2.28. The van der Waals surface area contributed by atoms with Crippen molar-refractivity contribution in [2.24, 2.45) is 7.05 Å². The van der Waals surface area contributed by atoms with Gasteiger partial charge in [-0.1, -0.05) is 0 Å². The van der Waals surface area contributed by atoms with E-state index >= 15 is 0 Å². The first-order valence-corrected chi connectivity index (χ1v) is 7.74. The molecule has 1 heterocycles. The van der Waals surface area contributed by atoms with Crippen LogP contribution in [0.2, 0.25) is 0 Å². The molecule has 114 valence electrons. The van der Waals surface area contributed by atoms with E-state index in [1.54, 1.807) is 18.7 Å². The first-order chi connectivity index (χ1) is 9.72. The van der Waals surface area contributed by atoms with Gasteiger partial charge in [0.2, 0.25) is 10.0 Å². The predicted octanol–water partition coefficient (Wildman–Crippen LogP) is 1.24. The smallest absolute Gasteiger partial charge is 0.243 e. The highest BCUT2D eigenvalue weighted by Gasteiger charge is 2.20. The molecule has 0 spiro atoms. The monoisotopic (exact) mass is 312 g/mol. The standard InChI is InChI=1S/C13H17FN4O2S/c1-8-11(9(2)18(3)17-8)7-16-21(19,20)13-6-10(15)4-5-12(13)14/h4-6,16H,7,15H2,1-3H3. The third kappa shape index (κ3) is 3.06. The van der Waals surface area contributed by atoms with Crippen molar-refractivity contribution in [3.05, 3.63) is 41.0 Å². The van der Waals surface area contributed by atoms with Crippen molar-refractivity contribution in [1.82, 2.24) is 14.5 Å². The van der Waals surface area contributed by atoms with Crippen LogP contribution < -0.4 is 10.5 Å². The molecule has 0 unspecified atom stereocenters.